The lowest BCUT2D eigenvalue weighted by Crippen LogP contribution is -2.16. The van der Waals surface area contributed by atoms with Crippen molar-refractivity contribution in [2.24, 2.45) is 0 Å². The van der Waals surface area contributed by atoms with Crippen molar-refractivity contribution in [3.8, 4) is 0 Å². The van der Waals surface area contributed by atoms with E-state index in [1.54, 1.807) is 0 Å². The van der Waals surface area contributed by atoms with Crippen LogP contribution in [-0.4, -0.2) is 58.0 Å². The lowest BCUT2D eigenvalue weighted by Gasteiger charge is -2.18. The van der Waals surface area contributed by atoms with E-state index in [1.807, 2.05) is 6.79 Å². The van der Waals surface area contributed by atoms with E-state index in [0.29, 0.717) is 6.10 Å². The number of nitrogens with one attached hydrogen (secondary N) is 1. The second-order valence-corrected chi connectivity index (χ2v) is 14.3. The van der Waals surface area contributed by atoms with Gasteiger partial charge < -0.3 is 24.7 Å². The van der Waals surface area contributed by atoms with Crippen molar-refractivity contribution < 1.29 is 19.4 Å². The molecular formula is C46H101NO4. The summed E-state index contributed by atoms with van der Waals surface area (Å²) in [6, 6.07) is 0. The quantitative estimate of drug-likeness (QED) is 0.0613. The van der Waals surface area contributed by atoms with Gasteiger partial charge in [-0.2, -0.15) is 0 Å². The molecule has 0 saturated heterocycles. The largest absolute Gasteiger partial charge is 0.400 e. The van der Waals surface area contributed by atoms with Crippen molar-refractivity contribution in [2.75, 3.05) is 40.0 Å². The minimum Gasteiger partial charge on any atom is -0.400 e. The third-order valence-corrected chi connectivity index (χ3v) is 9.65. The second kappa shape index (κ2) is 61.5. The number of carbonyl (C=O) groups is 1. The van der Waals surface area contributed by atoms with E-state index in [9.17, 15) is 0 Å². The Hall–Kier alpha value is -0.490. The fraction of sp³-hybridized carbons (Fsp3) is 0.978. The van der Waals surface area contributed by atoms with Gasteiger partial charge in [0.25, 0.3) is 0 Å². The van der Waals surface area contributed by atoms with E-state index in [-0.39, 0.29) is 14.9 Å². The van der Waals surface area contributed by atoms with Crippen LogP contribution in [0.3, 0.4) is 0 Å². The Kier molecular flexibility index (Phi) is 72.1. The first-order chi connectivity index (χ1) is 24.3. The molecule has 0 fully saturated rings. The summed E-state index contributed by atoms with van der Waals surface area (Å²) in [5, 5.41) is 10.7. The van der Waals surface area contributed by atoms with Crippen LogP contribution in [0.4, 0.5) is 0 Å². The molecule has 51 heavy (non-hydrogen) atoms. The fourth-order valence-electron chi connectivity index (χ4n) is 6.47. The zero-order valence-electron chi connectivity index (χ0n) is 34.3. The average Bonchev–Trinajstić information content (AvgIpc) is 3.14. The summed E-state index contributed by atoms with van der Waals surface area (Å²) in [5.41, 5.74) is 0. The number of carbonyl (C=O) groups excluding carboxylic acids is 1. The smallest absolute Gasteiger partial charge is 0.106 e. The Morgan fingerprint density at radius 2 is 0.686 bits per heavy atom. The highest BCUT2D eigenvalue weighted by Gasteiger charge is 2.09. The summed E-state index contributed by atoms with van der Waals surface area (Å²) in [4.78, 5) is 8.00. The van der Waals surface area contributed by atoms with E-state index in [2.05, 4.69) is 26.1 Å². The fourth-order valence-corrected chi connectivity index (χ4v) is 6.47. The van der Waals surface area contributed by atoms with Crippen molar-refractivity contribution in [3.05, 3.63) is 0 Å². The summed E-state index contributed by atoms with van der Waals surface area (Å²) in [6.07, 6.45) is 45.7. The Bertz CT molecular complexity index is 505. The van der Waals surface area contributed by atoms with Gasteiger partial charge in [0.15, 0.2) is 0 Å². The molecule has 0 saturated carbocycles. The van der Waals surface area contributed by atoms with Crippen LogP contribution >= 0.6 is 0 Å². The minimum absolute atomic E-state index is 0. The van der Waals surface area contributed by atoms with Crippen LogP contribution in [-0.2, 0) is 14.3 Å². The van der Waals surface area contributed by atoms with Gasteiger partial charge in [-0.25, -0.2) is 0 Å². The third-order valence-electron chi connectivity index (χ3n) is 9.65. The lowest BCUT2D eigenvalue weighted by molar-refractivity contribution is -0.0980. The maximum atomic E-state index is 8.00. The van der Waals surface area contributed by atoms with Crippen LogP contribution in [0.1, 0.15) is 248 Å². The number of aliphatic hydroxyl groups excluding tert-OH is 1. The van der Waals surface area contributed by atoms with Gasteiger partial charge in [0.2, 0.25) is 0 Å². The van der Waals surface area contributed by atoms with Crippen LogP contribution in [0.5, 0.6) is 0 Å². The van der Waals surface area contributed by atoms with Crippen molar-refractivity contribution in [2.45, 2.75) is 254 Å². The van der Waals surface area contributed by atoms with E-state index >= 15 is 0 Å². The van der Waals surface area contributed by atoms with Gasteiger partial charge in [0, 0.05) is 26.9 Å². The number of aliphatic hydroxyl groups is 1. The van der Waals surface area contributed by atoms with Crippen LogP contribution in [0, 0.1) is 0 Å². The van der Waals surface area contributed by atoms with Gasteiger partial charge in [0.1, 0.15) is 6.79 Å². The van der Waals surface area contributed by atoms with E-state index < -0.39 is 0 Å². The summed E-state index contributed by atoms with van der Waals surface area (Å²) in [5.74, 6) is 0. The van der Waals surface area contributed by atoms with Gasteiger partial charge in [0.05, 0.1) is 6.10 Å². The normalized spacial score (nSPS) is 10.5. The van der Waals surface area contributed by atoms with Gasteiger partial charge in [-0.3, -0.25) is 0 Å². The van der Waals surface area contributed by atoms with E-state index in [4.69, 9.17) is 19.4 Å². The molecular weight excluding hydrogens is 631 g/mol. The summed E-state index contributed by atoms with van der Waals surface area (Å²) >= 11 is 0. The monoisotopic (exact) mass is 732 g/mol. The SMILES string of the molecule is C.C.C=O.CCCCCCCCCCCOCCCCCCNCCCCCCCCOC(CCCCCCCC)CCCCCCCC.CO. The molecule has 0 heterocycles. The molecule has 0 bridgehead atoms. The Morgan fingerprint density at radius 1 is 0.412 bits per heavy atom. The molecule has 5 heteroatoms. The van der Waals surface area contributed by atoms with Crippen LogP contribution < -0.4 is 5.32 Å². The third kappa shape index (κ3) is 59.0. The summed E-state index contributed by atoms with van der Waals surface area (Å²) in [7, 11) is 1.00. The topological polar surface area (TPSA) is 67.8 Å². The molecule has 0 unspecified atom stereocenters. The molecule has 0 radical (unpaired) electrons. The van der Waals surface area contributed by atoms with Gasteiger partial charge >= 0.3 is 0 Å². The predicted molar refractivity (Wildman–Crippen MR) is 232 cm³/mol. The van der Waals surface area contributed by atoms with Crippen LogP contribution in [0.25, 0.3) is 0 Å². The van der Waals surface area contributed by atoms with Crippen molar-refractivity contribution in [3.63, 3.8) is 0 Å². The van der Waals surface area contributed by atoms with Crippen molar-refractivity contribution in [1.82, 2.24) is 5.32 Å². The first-order valence-corrected chi connectivity index (χ1v) is 22.0. The van der Waals surface area contributed by atoms with Crippen LogP contribution in [0.15, 0.2) is 0 Å². The number of rotatable bonds is 41. The highest BCUT2D eigenvalue weighted by atomic mass is 16.5. The first-order valence-electron chi connectivity index (χ1n) is 22.0. The molecule has 0 aliphatic carbocycles. The highest BCUT2D eigenvalue weighted by Crippen LogP contribution is 2.18. The zero-order chi connectivity index (χ0) is 36.6. The summed E-state index contributed by atoms with van der Waals surface area (Å²) in [6.45, 7) is 14.2. The lowest BCUT2D eigenvalue weighted by atomic mass is 10.0. The summed E-state index contributed by atoms with van der Waals surface area (Å²) < 4.78 is 12.3. The van der Waals surface area contributed by atoms with E-state index in [0.717, 1.165) is 26.9 Å². The molecule has 0 aromatic heterocycles. The molecule has 5 nitrogen and oxygen atoms in total. The average molecular weight is 732 g/mol. The van der Waals surface area contributed by atoms with Gasteiger partial charge in [-0.05, 0) is 58.0 Å². The number of ether oxygens (including phenoxy) is 2. The maximum absolute atomic E-state index is 8.00. The van der Waals surface area contributed by atoms with Crippen molar-refractivity contribution >= 4 is 6.79 Å². The maximum Gasteiger partial charge on any atom is 0.106 e. The standard InChI is InChI=1S/C42H87NO2.CH4O.CH2O.2CH4/c1-4-7-10-13-16-17-19-25-32-39-44-40-33-27-24-31-38-43-37-30-23-18-20-26-34-41-45-42(35-28-21-14-11-8-5-2)36-29-22-15-12-9-6-3;2*1-2;;/h42-43H,4-41H2,1-3H3;2H,1H3;1H2;2*1H4. The van der Waals surface area contributed by atoms with E-state index in [1.165, 1.54) is 225 Å². The second-order valence-electron chi connectivity index (χ2n) is 14.3. The Balaban J connectivity index is -0.00000113. The Morgan fingerprint density at radius 3 is 1.04 bits per heavy atom. The molecule has 0 aliphatic heterocycles. The molecule has 0 rings (SSSR count). The highest BCUT2D eigenvalue weighted by molar-refractivity contribution is 5.11. The molecule has 0 amide bonds. The molecule has 0 atom stereocenters. The number of hydrogen-bond acceptors (Lipinski definition) is 5. The van der Waals surface area contributed by atoms with Crippen molar-refractivity contribution in [1.29, 1.82) is 0 Å². The van der Waals surface area contributed by atoms with Gasteiger partial charge in [-0.1, -0.05) is 203 Å². The Labute approximate surface area is 324 Å². The minimum atomic E-state index is 0. The predicted octanol–water partition coefficient (Wildman–Crippen LogP) is 14.6. The number of unbranched alkanes of at least 4 members (excludes halogenated alkanes) is 26. The van der Waals surface area contributed by atoms with Crippen LogP contribution in [0.2, 0.25) is 0 Å². The molecule has 0 aromatic carbocycles. The number of hydrogen-bond donors (Lipinski definition) is 2. The molecule has 2 N–H and O–H groups in total. The molecule has 0 spiro atoms. The zero-order valence-corrected chi connectivity index (χ0v) is 34.3. The molecule has 0 aromatic rings. The van der Waals surface area contributed by atoms with Gasteiger partial charge in [-0.15, -0.1) is 0 Å². The molecule has 0 aliphatic rings. The molecule has 314 valence electrons. The first kappa shape index (κ1) is 59.8.